The molecule has 1 N–H and O–H groups in total. The van der Waals surface area contributed by atoms with Gasteiger partial charge in [-0.1, -0.05) is 29.5 Å². The van der Waals surface area contributed by atoms with E-state index in [0.29, 0.717) is 11.2 Å². The lowest BCUT2D eigenvalue weighted by molar-refractivity contribution is -0.385. The van der Waals surface area contributed by atoms with Crippen molar-refractivity contribution >= 4 is 29.0 Å². The second kappa shape index (κ2) is 9.03. The number of nitro groups is 1. The van der Waals surface area contributed by atoms with Crippen molar-refractivity contribution in [2.24, 2.45) is 0 Å². The number of carbonyl (C=O) groups excluding carboxylic acids is 1. The van der Waals surface area contributed by atoms with Crippen LogP contribution < -0.4 is 5.32 Å². The number of halogens is 3. The van der Waals surface area contributed by atoms with Crippen molar-refractivity contribution in [1.82, 2.24) is 9.55 Å². The number of imidazole rings is 1. The van der Waals surface area contributed by atoms with Gasteiger partial charge in [-0.05, 0) is 38.5 Å². The third kappa shape index (κ3) is 5.10. The number of amides is 1. The number of thioether (sulfide) groups is 1. The number of alkyl halides is 3. The van der Waals surface area contributed by atoms with Gasteiger partial charge < -0.3 is 5.32 Å². The molecule has 1 amide bonds. The maximum atomic E-state index is 13.4. The highest BCUT2D eigenvalue weighted by atomic mass is 32.2. The fourth-order valence-electron chi connectivity index (χ4n) is 3.07. The van der Waals surface area contributed by atoms with E-state index in [1.165, 1.54) is 0 Å². The summed E-state index contributed by atoms with van der Waals surface area (Å²) in [6.45, 7) is 5.46. The van der Waals surface area contributed by atoms with E-state index in [2.05, 4.69) is 10.3 Å². The molecule has 0 aliphatic carbocycles. The highest BCUT2D eigenvalue weighted by molar-refractivity contribution is 8.00. The van der Waals surface area contributed by atoms with Gasteiger partial charge in [0.1, 0.15) is 0 Å². The molecule has 168 valence electrons. The molecule has 11 heteroatoms. The Morgan fingerprint density at radius 3 is 2.56 bits per heavy atom. The molecule has 7 nitrogen and oxygen atoms in total. The highest BCUT2D eigenvalue weighted by Crippen LogP contribution is 2.37. The summed E-state index contributed by atoms with van der Waals surface area (Å²) >= 11 is 1.08. The normalized spacial score (nSPS) is 12.4. The van der Waals surface area contributed by atoms with Gasteiger partial charge in [0.25, 0.3) is 5.69 Å². The SMILES string of the molecule is Cc1ccc(-n2ccnc2SC(C)C(=O)Nc2ccc([N+](=O)[O-])cc2C(F)(F)F)c(C)c1. The van der Waals surface area contributed by atoms with E-state index < -0.39 is 39.2 Å². The van der Waals surface area contributed by atoms with Crippen LogP contribution in [0.5, 0.6) is 0 Å². The van der Waals surface area contributed by atoms with Gasteiger partial charge in [0, 0.05) is 24.5 Å². The summed E-state index contributed by atoms with van der Waals surface area (Å²) in [5.41, 5.74) is 0.429. The molecule has 2 aromatic carbocycles. The van der Waals surface area contributed by atoms with E-state index in [4.69, 9.17) is 0 Å². The summed E-state index contributed by atoms with van der Waals surface area (Å²) in [4.78, 5) is 26.8. The molecule has 3 aromatic rings. The molecule has 0 saturated heterocycles. The van der Waals surface area contributed by atoms with Crippen molar-refractivity contribution < 1.29 is 22.9 Å². The summed E-state index contributed by atoms with van der Waals surface area (Å²) in [6.07, 6.45) is -1.56. The predicted molar refractivity (Wildman–Crippen MR) is 115 cm³/mol. The zero-order chi connectivity index (χ0) is 23.6. The second-order valence-corrected chi connectivity index (χ2v) is 8.41. The fraction of sp³-hybridized carbons (Fsp3) is 0.238. The van der Waals surface area contributed by atoms with Gasteiger partial charge in [-0.15, -0.1) is 0 Å². The number of hydrogen-bond acceptors (Lipinski definition) is 5. The van der Waals surface area contributed by atoms with Gasteiger partial charge in [0.05, 0.1) is 27.1 Å². The third-order valence-corrected chi connectivity index (χ3v) is 5.73. The lowest BCUT2D eigenvalue weighted by Gasteiger charge is -2.17. The number of carbonyl (C=O) groups is 1. The lowest BCUT2D eigenvalue weighted by atomic mass is 10.1. The first-order chi connectivity index (χ1) is 15.0. The van der Waals surface area contributed by atoms with Crippen molar-refractivity contribution in [3.63, 3.8) is 0 Å². The van der Waals surface area contributed by atoms with Gasteiger partial charge in [0.2, 0.25) is 5.91 Å². The number of benzene rings is 2. The smallest absolute Gasteiger partial charge is 0.325 e. The maximum absolute atomic E-state index is 13.4. The molecule has 32 heavy (non-hydrogen) atoms. The van der Waals surface area contributed by atoms with Crippen LogP contribution in [0, 0.1) is 24.0 Å². The quantitative estimate of drug-likeness (QED) is 0.294. The fourth-order valence-corrected chi connectivity index (χ4v) is 3.95. The standard InChI is InChI=1S/C21H19F3N4O3S/c1-12-4-7-18(13(2)10-12)27-9-8-25-20(27)32-14(3)19(29)26-17-6-5-15(28(30)31)11-16(17)21(22,23)24/h4-11,14H,1-3H3,(H,26,29). The van der Waals surface area contributed by atoms with E-state index in [-0.39, 0.29) is 0 Å². The first-order valence-electron chi connectivity index (χ1n) is 9.41. The second-order valence-electron chi connectivity index (χ2n) is 7.10. The number of nitrogens with one attached hydrogen (secondary N) is 1. The van der Waals surface area contributed by atoms with Crippen molar-refractivity contribution in [2.45, 2.75) is 37.4 Å². The molecule has 0 bridgehead atoms. The molecule has 0 aliphatic rings. The number of nitro benzene ring substituents is 1. The molecular formula is C21H19F3N4O3S. The molecule has 0 saturated carbocycles. The van der Waals surface area contributed by atoms with Gasteiger partial charge in [0.15, 0.2) is 5.16 Å². The lowest BCUT2D eigenvalue weighted by Crippen LogP contribution is -2.24. The summed E-state index contributed by atoms with van der Waals surface area (Å²) in [5.74, 6) is -0.690. The Labute approximate surface area is 185 Å². The predicted octanol–water partition coefficient (Wildman–Crippen LogP) is 5.54. The molecule has 0 aliphatic heterocycles. The van der Waals surface area contributed by atoms with Gasteiger partial charge >= 0.3 is 6.18 Å². The van der Waals surface area contributed by atoms with Crippen molar-refractivity contribution in [3.05, 3.63) is 75.6 Å². The third-order valence-electron chi connectivity index (χ3n) is 4.65. The van der Waals surface area contributed by atoms with Crippen LogP contribution in [-0.4, -0.2) is 25.6 Å². The molecule has 1 heterocycles. The number of anilines is 1. The van der Waals surface area contributed by atoms with Gasteiger partial charge in [-0.25, -0.2) is 4.98 Å². The van der Waals surface area contributed by atoms with E-state index in [0.717, 1.165) is 40.7 Å². The minimum atomic E-state index is -4.87. The summed E-state index contributed by atoms with van der Waals surface area (Å²) in [6, 6.07) is 8.07. The van der Waals surface area contributed by atoms with Crippen LogP contribution >= 0.6 is 11.8 Å². The Hall–Kier alpha value is -3.34. The van der Waals surface area contributed by atoms with Gasteiger partial charge in [-0.2, -0.15) is 13.2 Å². The molecule has 1 unspecified atom stereocenters. The number of rotatable bonds is 6. The zero-order valence-corrected chi connectivity index (χ0v) is 18.1. The Morgan fingerprint density at radius 2 is 1.94 bits per heavy atom. The first kappa shape index (κ1) is 23.3. The van der Waals surface area contributed by atoms with Crippen LogP contribution in [0.25, 0.3) is 5.69 Å². The minimum absolute atomic E-state index is 0.403. The molecule has 1 atom stereocenters. The molecule has 0 radical (unpaired) electrons. The Balaban J connectivity index is 1.81. The van der Waals surface area contributed by atoms with E-state index >= 15 is 0 Å². The molecule has 1 aromatic heterocycles. The molecule has 3 rings (SSSR count). The maximum Gasteiger partial charge on any atom is 0.418 e. The Morgan fingerprint density at radius 1 is 1.22 bits per heavy atom. The monoisotopic (exact) mass is 464 g/mol. The van der Waals surface area contributed by atoms with Crippen LogP contribution in [0.3, 0.4) is 0 Å². The van der Waals surface area contributed by atoms with Gasteiger partial charge in [-0.3, -0.25) is 19.5 Å². The minimum Gasteiger partial charge on any atom is -0.325 e. The molecule has 0 fully saturated rings. The summed E-state index contributed by atoms with van der Waals surface area (Å²) < 4.78 is 41.9. The van der Waals surface area contributed by atoms with Crippen molar-refractivity contribution in [2.75, 3.05) is 5.32 Å². The Bertz CT molecular complexity index is 1180. The first-order valence-corrected chi connectivity index (χ1v) is 10.3. The van der Waals surface area contributed by atoms with E-state index in [9.17, 15) is 28.1 Å². The number of nitrogens with zero attached hydrogens (tertiary/aromatic N) is 3. The number of aryl methyl sites for hydroxylation is 2. The number of aromatic nitrogens is 2. The number of non-ortho nitro benzene ring substituents is 1. The van der Waals surface area contributed by atoms with Crippen molar-refractivity contribution in [1.29, 1.82) is 0 Å². The van der Waals surface area contributed by atoms with Crippen LogP contribution in [-0.2, 0) is 11.0 Å². The average Bonchev–Trinajstić information content (AvgIpc) is 3.15. The van der Waals surface area contributed by atoms with Crippen molar-refractivity contribution in [3.8, 4) is 5.69 Å². The molecule has 0 spiro atoms. The summed E-state index contributed by atoms with van der Waals surface area (Å²) in [5, 5.41) is 12.8. The average molecular weight is 464 g/mol. The Kier molecular flexibility index (Phi) is 6.58. The van der Waals surface area contributed by atoms with Crippen LogP contribution in [0.2, 0.25) is 0 Å². The number of hydrogen-bond donors (Lipinski definition) is 1. The topological polar surface area (TPSA) is 90.1 Å². The summed E-state index contributed by atoms with van der Waals surface area (Å²) in [7, 11) is 0. The van der Waals surface area contributed by atoms with Crippen LogP contribution in [0.15, 0.2) is 53.9 Å². The molecular weight excluding hydrogens is 445 g/mol. The highest BCUT2D eigenvalue weighted by Gasteiger charge is 2.36. The van der Waals surface area contributed by atoms with Crippen LogP contribution in [0.1, 0.15) is 23.6 Å². The van der Waals surface area contributed by atoms with Crippen LogP contribution in [0.4, 0.5) is 24.5 Å². The largest absolute Gasteiger partial charge is 0.418 e. The van der Waals surface area contributed by atoms with E-state index in [1.54, 1.807) is 23.9 Å². The van der Waals surface area contributed by atoms with E-state index in [1.807, 2.05) is 32.0 Å². The zero-order valence-electron chi connectivity index (χ0n) is 17.3.